The summed E-state index contributed by atoms with van der Waals surface area (Å²) in [7, 11) is 0. The second-order valence-electron chi connectivity index (χ2n) is 14.8. The van der Waals surface area contributed by atoms with Gasteiger partial charge in [0.2, 0.25) is 0 Å². The Kier molecular flexibility index (Phi) is 7.96. The maximum absolute atomic E-state index is 6.47. The fraction of sp³-hybridized carbons (Fsp3) is 0.0370. The second-order valence-corrected chi connectivity index (χ2v) is 14.8. The Morgan fingerprint density at radius 1 is 0.456 bits per heavy atom. The van der Waals surface area contributed by atoms with Gasteiger partial charge in [0, 0.05) is 50.0 Å². The van der Waals surface area contributed by atoms with E-state index in [0.717, 1.165) is 95.2 Å². The van der Waals surface area contributed by atoms with Crippen LogP contribution >= 0.6 is 0 Å². The smallest absolute Gasteiger partial charge is 0.143 e. The van der Waals surface area contributed by atoms with Crippen molar-refractivity contribution in [3.05, 3.63) is 218 Å². The number of para-hydroxylation sites is 3. The fourth-order valence-electron chi connectivity index (χ4n) is 8.67. The normalized spacial score (nSPS) is 14.1. The van der Waals surface area contributed by atoms with Gasteiger partial charge < -0.3 is 13.7 Å². The molecule has 1 unspecified atom stereocenters. The minimum Gasteiger partial charge on any atom is -0.456 e. The molecule has 0 saturated carbocycles. The van der Waals surface area contributed by atoms with E-state index in [-0.39, 0.29) is 0 Å². The van der Waals surface area contributed by atoms with E-state index in [4.69, 9.17) is 8.83 Å². The topological polar surface area (TPSA) is 29.5 Å². The zero-order valence-electron chi connectivity index (χ0n) is 31.2. The fourth-order valence-corrected chi connectivity index (χ4v) is 8.67. The lowest BCUT2D eigenvalue weighted by Gasteiger charge is -2.31. The van der Waals surface area contributed by atoms with E-state index in [2.05, 4.69) is 193 Å². The SMILES string of the molecule is C1=CC(c2ccccc2)CC=C1N(c1ccc(-c2cccc3c2oc2ccccc23)cc1)c1cc(-c2ccccc2)ccc1-c1cccc2oc3ccccc3c12. The number of anilines is 2. The van der Waals surface area contributed by atoms with Crippen molar-refractivity contribution in [1.29, 1.82) is 0 Å². The number of allylic oxidation sites excluding steroid dienone is 3. The van der Waals surface area contributed by atoms with E-state index >= 15 is 0 Å². The van der Waals surface area contributed by atoms with E-state index in [1.807, 2.05) is 18.2 Å². The summed E-state index contributed by atoms with van der Waals surface area (Å²) in [4.78, 5) is 2.44. The van der Waals surface area contributed by atoms with Gasteiger partial charge in [-0.1, -0.05) is 164 Å². The highest BCUT2D eigenvalue weighted by molar-refractivity contribution is 6.14. The molecule has 1 aliphatic rings. The molecule has 3 heteroatoms. The van der Waals surface area contributed by atoms with Gasteiger partial charge in [-0.2, -0.15) is 0 Å². The number of rotatable bonds is 7. The maximum atomic E-state index is 6.47. The Morgan fingerprint density at radius 3 is 1.89 bits per heavy atom. The Hall–Kier alpha value is -7.36. The van der Waals surface area contributed by atoms with Gasteiger partial charge in [0.25, 0.3) is 0 Å². The molecule has 0 N–H and O–H groups in total. The quantitative estimate of drug-likeness (QED) is 0.163. The Balaban J connectivity index is 1.11. The third kappa shape index (κ3) is 5.75. The van der Waals surface area contributed by atoms with Crippen LogP contribution in [0.1, 0.15) is 17.9 Å². The highest BCUT2D eigenvalue weighted by Gasteiger charge is 2.24. The van der Waals surface area contributed by atoms with Crippen molar-refractivity contribution in [2.24, 2.45) is 0 Å². The maximum Gasteiger partial charge on any atom is 0.143 e. The van der Waals surface area contributed by atoms with Crippen LogP contribution in [-0.2, 0) is 0 Å². The van der Waals surface area contributed by atoms with E-state index in [9.17, 15) is 0 Å². The van der Waals surface area contributed by atoms with E-state index in [1.54, 1.807) is 0 Å². The van der Waals surface area contributed by atoms with Crippen LogP contribution in [0, 0.1) is 0 Å². The Bertz CT molecular complexity index is 3150. The number of furan rings is 2. The summed E-state index contributed by atoms with van der Waals surface area (Å²) in [6, 6.07) is 66.8. The predicted molar refractivity (Wildman–Crippen MR) is 237 cm³/mol. The lowest BCUT2D eigenvalue weighted by molar-refractivity contribution is 0.669. The van der Waals surface area contributed by atoms with Crippen molar-refractivity contribution < 1.29 is 8.83 Å². The summed E-state index contributed by atoms with van der Waals surface area (Å²) < 4.78 is 12.9. The van der Waals surface area contributed by atoms with E-state index in [1.165, 1.54) is 11.1 Å². The molecular formula is C54H37NO2. The molecule has 2 heterocycles. The average Bonchev–Trinajstić information content (AvgIpc) is 3.87. The standard InChI is InChI=1S/C54H37NO2/c1-3-13-36(14-4-1)38-25-30-41(31-26-38)55(42-32-27-39(28-33-42)43-19-11-21-47-45-17-7-9-22-50(45)57-54(43)47)49-35-40(37-15-5-2-6-16-37)29-34-44(49)46-20-12-24-52-53(46)48-18-8-10-23-51(48)56-52/h1-25,27-35,38H,26H2. The monoisotopic (exact) mass is 731 g/mol. The van der Waals surface area contributed by atoms with Crippen LogP contribution < -0.4 is 4.90 Å². The first-order valence-electron chi connectivity index (χ1n) is 19.6. The van der Waals surface area contributed by atoms with Gasteiger partial charge in [-0.3, -0.25) is 0 Å². The molecular weight excluding hydrogens is 695 g/mol. The van der Waals surface area contributed by atoms with Gasteiger partial charge in [-0.25, -0.2) is 0 Å². The van der Waals surface area contributed by atoms with Crippen LogP contribution in [-0.4, -0.2) is 0 Å². The highest BCUT2D eigenvalue weighted by Crippen LogP contribution is 2.46. The van der Waals surface area contributed by atoms with Crippen LogP contribution in [0.25, 0.3) is 77.3 Å². The van der Waals surface area contributed by atoms with Crippen LogP contribution in [0.4, 0.5) is 11.4 Å². The van der Waals surface area contributed by atoms with E-state index < -0.39 is 0 Å². The van der Waals surface area contributed by atoms with Gasteiger partial charge in [0.15, 0.2) is 0 Å². The molecule has 0 radical (unpaired) electrons. The van der Waals surface area contributed by atoms with Crippen molar-refractivity contribution in [2.45, 2.75) is 12.3 Å². The molecule has 10 aromatic rings. The Labute approximate surface area is 331 Å². The molecule has 270 valence electrons. The second kappa shape index (κ2) is 13.7. The van der Waals surface area contributed by atoms with Crippen LogP contribution in [0.2, 0.25) is 0 Å². The number of hydrogen-bond donors (Lipinski definition) is 0. The number of nitrogens with zero attached hydrogens (tertiary/aromatic N) is 1. The van der Waals surface area contributed by atoms with E-state index in [0.29, 0.717) is 5.92 Å². The zero-order chi connectivity index (χ0) is 37.7. The van der Waals surface area contributed by atoms with Gasteiger partial charge >= 0.3 is 0 Å². The summed E-state index contributed by atoms with van der Waals surface area (Å²) in [6.45, 7) is 0. The van der Waals surface area contributed by atoms with Crippen molar-refractivity contribution in [2.75, 3.05) is 4.90 Å². The largest absolute Gasteiger partial charge is 0.456 e. The third-order valence-corrected chi connectivity index (χ3v) is 11.4. The van der Waals surface area contributed by atoms with Crippen molar-refractivity contribution in [1.82, 2.24) is 0 Å². The molecule has 0 amide bonds. The molecule has 8 aromatic carbocycles. The zero-order valence-corrected chi connectivity index (χ0v) is 31.2. The summed E-state index contributed by atoms with van der Waals surface area (Å²) >= 11 is 0. The predicted octanol–water partition coefficient (Wildman–Crippen LogP) is 15.3. The average molecular weight is 732 g/mol. The first kappa shape index (κ1) is 33.0. The first-order valence-corrected chi connectivity index (χ1v) is 19.6. The number of fused-ring (bicyclic) bond motifs is 6. The van der Waals surface area contributed by atoms with Crippen LogP contribution in [0.3, 0.4) is 0 Å². The lowest BCUT2D eigenvalue weighted by Crippen LogP contribution is -2.18. The minimum atomic E-state index is 0.310. The van der Waals surface area contributed by atoms with Gasteiger partial charge in [0.1, 0.15) is 22.3 Å². The molecule has 0 saturated heterocycles. The molecule has 2 aromatic heterocycles. The summed E-state index contributed by atoms with van der Waals surface area (Å²) in [5.41, 5.74) is 15.0. The highest BCUT2D eigenvalue weighted by atomic mass is 16.3. The van der Waals surface area contributed by atoms with Crippen molar-refractivity contribution >= 4 is 55.3 Å². The molecule has 0 spiro atoms. The summed E-state index contributed by atoms with van der Waals surface area (Å²) in [5, 5.41) is 4.49. The molecule has 1 atom stereocenters. The molecule has 57 heavy (non-hydrogen) atoms. The van der Waals surface area contributed by atoms with Crippen LogP contribution in [0.5, 0.6) is 0 Å². The van der Waals surface area contributed by atoms with Crippen molar-refractivity contribution in [3.8, 4) is 33.4 Å². The van der Waals surface area contributed by atoms with Crippen LogP contribution in [0.15, 0.2) is 221 Å². The lowest BCUT2D eigenvalue weighted by atomic mass is 9.90. The number of benzene rings is 8. The molecule has 0 bridgehead atoms. The van der Waals surface area contributed by atoms with Gasteiger partial charge in [0.05, 0.1) is 5.69 Å². The number of hydrogen-bond acceptors (Lipinski definition) is 3. The molecule has 0 aliphatic heterocycles. The van der Waals surface area contributed by atoms with Gasteiger partial charge in [-0.15, -0.1) is 0 Å². The summed E-state index contributed by atoms with van der Waals surface area (Å²) in [6.07, 6.45) is 7.96. The summed E-state index contributed by atoms with van der Waals surface area (Å²) in [5.74, 6) is 0.310. The third-order valence-electron chi connectivity index (χ3n) is 11.4. The molecule has 1 aliphatic carbocycles. The van der Waals surface area contributed by atoms with Gasteiger partial charge in [-0.05, 0) is 76.7 Å². The first-order chi connectivity index (χ1) is 28.3. The van der Waals surface area contributed by atoms with Crippen molar-refractivity contribution in [3.63, 3.8) is 0 Å². The molecule has 3 nitrogen and oxygen atoms in total. The minimum absolute atomic E-state index is 0.310. The Morgan fingerprint density at radius 2 is 1.11 bits per heavy atom. The molecule has 0 fully saturated rings. The molecule has 11 rings (SSSR count).